The van der Waals surface area contributed by atoms with Gasteiger partial charge in [0.2, 0.25) is 16.0 Å². The van der Waals surface area contributed by atoms with Crippen molar-refractivity contribution in [2.24, 2.45) is 0 Å². The average Bonchev–Trinajstić information content (AvgIpc) is 2.36. The summed E-state index contributed by atoms with van der Waals surface area (Å²) in [6.45, 7) is 1.01. The van der Waals surface area contributed by atoms with Crippen LogP contribution in [0.3, 0.4) is 0 Å². The number of sulfone groups is 1. The molecule has 0 aromatic heterocycles. The molecule has 0 heterocycles. The van der Waals surface area contributed by atoms with Crippen molar-refractivity contribution >= 4 is 38.9 Å². The van der Waals surface area contributed by atoms with Crippen LogP contribution in [0.25, 0.3) is 0 Å². The van der Waals surface area contributed by atoms with Crippen LogP contribution in [0, 0.1) is 0 Å². The summed E-state index contributed by atoms with van der Waals surface area (Å²) in [4.78, 5) is 11.3. The number of hydrogen-bond acceptors (Lipinski definition) is 4. The van der Waals surface area contributed by atoms with E-state index in [4.69, 9.17) is 23.2 Å². The minimum Gasteiger partial charge on any atom is -0.374 e. The molecule has 2 atom stereocenters. The first kappa shape index (κ1) is 18.2. The van der Waals surface area contributed by atoms with Crippen molar-refractivity contribution < 1.29 is 22.7 Å². The molecule has 1 aromatic carbocycles. The van der Waals surface area contributed by atoms with Crippen LogP contribution in [0.1, 0.15) is 12.5 Å². The van der Waals surface area contributed by atoms with E-state index in [9.17, 15) is 18.3 Å². The van der Waals surface area contributed by atoms with Gasteiger partial charge in [0.05, 0.1) is 0 Å². The van der Waals surface area contributed by atoms with E-state index in [1.807, 2.05) is 5.32 Å². The number of nitrogens with one attached hydrogen (secondary N) is 1. The molecule has 0 aliphatic rings. The largest absolute Gasteiger partial charge is 0.374 e. The molecule has 0 radical (unpaired) electrons. The molecule has 2 unspecified atom stereocenters. The Labute approximate surface area is 132 Å². The molecular weight excluding hydrogens is 344 g/mol. The molecule has 1 rings (SSSR count). The molecule has 0 aliphatic heterocycles. The Hall–Kier alpha value is -0.890. The summed E-state index contributed by atoms with van der Waals surface area (Å²) in [6.07, 6.45) is 0.649. The molecule has 5 nitrogen and oxygen atoms in total. The molecule has 0 aliphatic carbocycles. The van der Waals surface area contributed by atoms with E-state index in [0.29, 0.717) is 6.26 Å². The fraction of sp³-hybridized carbons (Fsp3) is 0.417. The van der Waals surface area contributed by atoms with Crippen molar-refractivity contribution in [2.45, 2.75) is 22.5 Å². The van der Waals surface area contributed by atoms with Gasteiger partial charge in [-0.1, -0.05) is 53.5 Å². The minimum atomic E-state index is -4.19. The first-order valence-corrected chi connectivity index (χ1v) is 8.42. The van der Waals surface area contributed by atoms with Gasteiger partial charge in [0.1, 0.15) is 0 Å². The second-order valence-corrected chi connectivity index (χ2v) is 8.00. The Kier molecular flexibility index (Phi) is 5.26. The van der Waals surface area contributed by atoms with Gasteiger partial charge in [-0.3, -0.25) is 4.79 Å². The molecule has 0 saturated heterocycles. The number of carbonyl (C=O) groups excluding carboxylic acids is 1. The van der Waals surface area contributed by atoms with E-state index >= 15 is 4.39 Å². The zero-order chi connectivity index (χ0) is 16.5. The molecule has 0 fully saturated rings. The third-order valence-corrected chi connectivity index (χ3v) is 5.05. The number of benzene rings is 1. The summed E-state index contributed by atoms with van der Waals surface area (Å²) >= 11 is 11.6. The van der Waals surface area contributed by atoms with Crippen molar-refractivity contribution in [1.29, 1.82) is 0 Å². The summed E-state index contributed by atoms with van der Waals surface area (Å²) in [7, 11) is -4.19. The van der Waals surface area contributed by atoms with Gasteiger partial charge >= 0.3 is 0 Å². The standard InChI is InChI=1S/C12H14Cl2FNO4S/c1-8(17)16-12(15,9-6-4-3-5-7-9)11(13,14)10(18)21(2,19)20/h3-7,10,18H,1-2H3,(H,16,17). The van der Waals surface area contributed by atoms with Crippen molar-refractivity contribution in [2.75, 3.05) is 6.26 Å². The Morgan fingerprint density at radius 3 is 2.19 bits per heavy atom. The third kappa shape index (κ3) is 3.66. The van der Waals surface area contributed by atoms with Crippen LogP contribution in [-0.4, -0.2) is 35.5 Å². The van der Waals surface area contributed by atoms with Gasteiger partial charge in [-0.2, -0.15) is 0 Å². The Bertz CT molecular complexity index is 623. The molecule has 2 N–H and O–H groups in total. The number of halogens is 3. The molecule has 1 amide bonds. The fourth-order valence-corrected chi connectivity index (χ4v) is 3.68. The molecule has 118 valence electrons. The van der Waals surface area contributed by atoms with Crippen LogP contribution in [0.15, 0.2) is 30.3 Å². The first-order chi connectivity index (χ1) is 9.43. The van der Waals surface area contributed by atoms with Gasteiger partial charge in [0.15, 0.2) is 15.3 Å². The van der Waals surface area contributed by atoms with Crippen molar-refractivity contribution in [3.63, 3.8) is 0 Å². The predicted octanol–water partition coefficient (Wildman–Crippen LogP) is 1.48. The average molecular weight is 358 g/mol. The molecule has 0 bridgehead atoms. The maximum absolute atomic E-state index is 15.3. The summed E-state index contributed by atoms with van der Waals surface area (Å²) in [5, 5.41) is 11.7. The van der Waals surface area contributed by atoms with Crippen LogP contribution in [0.5, 0.6) is 0 Å². The molecule has 9 heteroatoms. The highest BCUT2D eigenvalue weighted by molar-refractivity contribution is 7.91. The number of aliphatic hydroxyl groups excluding tert-OH is 1. The lowest BCUT2D eigenvalue weighted by molar-refractivity contribution is -0.124. The Morgan fingerprint density at radius 1 is 1.33 bits per heavy atom. The Balaban J connectivity index is 3.48. The highest BCUT2D eigenvalue weighted by Gasteiger charge is 2.60. The topological polar surface area (TPSA) is 83.5 Å². The van der Waals surface area contributed by atoms with Gasteiger partial charge in [-0.25, -0.2) is 12.8 Å². The van der Waals surface area contributed by atoms with Crippen LogP contribution < -0.4 is 5.32 Å². The quantitative estimate of drug-likeness (QED) is 0.617. The smallest absolute Gasteiger partial charge is 0.245 e. The van der Waals surface area contributed by atoms with Crippen LogP contribution >= 0.6 is 23.2 Å². The van der Waals surface area contributed by atoms with Crippen LogP contribution in [0.4, 0.5) is 4.39 Å². The molecule has 0 saturated carbocycles. The van der Waals surface area contributed by atoms with E-state index in [1.165, 1.54) is 24.3 Å². The second kappa shape index (κ2) is 6.08. The Morgan fingerprint density at radius 2 is 1.81 bits per heavy atom. The number of hydrogen-bond donors (Lipinski definition) is 2. The van der Waals surface area contributed by atoms with Gasteiger partial charge in [-0.15, -0.1) is 0 Å². The molecule has 21 heavy (non-hydrogen) atoms. The number of carbonyl (C=O) groups is 1. The van der Waals surface area contributed by atoms with Crippen molar-refractivity contribution in [3.05, 3.63) is 35.9 Å². The molecule has 0 spiro atoms. The maximum atomic E-state index is 15.3. The second-order valence-electron chi connectivity index (χ2n) is 4.51. The number of aliphatic hydroxyl groups is 1. The van der Waals surface area contributed by atoms with Gasteiger partial charge < -0.3 is 10.4 Å². The van der Waals surface area contributed by atoms with E-state index in [0.717, 1.165) is 6.92 Å². The highest BCUT2D eigenvalue weighted by Crippen LogP contribution is 2.46. The predicted molar refractivity (Wildman–Crippen MR) is 78.3 cm³/mol. The van der Waals surface area contributed by atoms with Gasteiger partial charge in [0, 0.05) is 18.7 Å². The normalized spacial score (nSPS) is 16.9. The van der Waals surface area contributed by atoms with E-state index in [-0.39, 0.29) is 5.56 Å². The lowest BCUT2D eigenvalue weighted by atomic mass is 10.00. The lowest BCUT2D eigenvalue weighted by Gasteiger charge is -2.38. The van der Waals surface area contributed by atoms with Crippen LogP contribution in [0.2, 0.25) is 0 Å². The monoisotopic (exact) mass is 357 g/mol. The fourth-order valence-electron chi connectivity index (χ4n) is 1.70. The van der Waals surface area contributed by atoms with E-state index in [2.05, 4.69) is 0 Å². The SMILES string of the molecule is CC(=O)NC(F)(c1ccccc1)C(Cl)(Cl)C(O)S(C)(=O)=O. The van der Waals surface area contributed by atoms with E-state index in [1.54, 1.807) is 6.07 Å². The maximum Gasteiger partial charge on any atom is 0.245 e. The summed E-state index contributed by atoms with van der Waals surface area (Å²) in [5.74, 6) is -3.85. The van der Waals surface area contributed by atoms with E-state index < -0.39 is 31.3 Å². The van der Waals surface area contributed by atoms with Gasteiger partial charge in [-0.05, 0) is 0 Å². The zero-order valence-electron chi connectivity index (χ0n) is 11.2. The molecule has 1 aromatic rings. The number of rotatable bonds is 5. The van der Waals surface area contributed by atoms with Crippen LogP contribution in [-0.2, 0) is 20.4 Å². The van der Waals surface area contributed by atoms with Crippen molar-refractivity contribution in [1.82, 2.24) is 5.32 Å². The highest BCUT2D eigenvalue weighted by atomic mass is 35.5. The lowest BCUT2D eigenvalue weighted by Crippen LogP contribution is -2.59. The zero-order valence-corrected chi connectivity index (χ0v) is 13.5. The van der Waals surface area contributed by atoms with Crippen molar-refractivity contribution in [3.8, 4) is 0 Å². The summed E-state index contributed by atoms with van der Waals surface area (Å²) in [5.41, 5.74) is -2.65. The number of alkyl halides is 3. The first-order valence-electron chi connectivity index (χ1n) is 5.71. The summed E-state index contributed by atoms with van der Waals surface area (Å²) < 4.78 is 35.3. The number of amides is 1. The summed E-state index contributed by atoms with van der Waals surface area (Å²) in [6, 6.07) is 6.98. The minimum absolute atomic E-state index is 0.201. The third-order valence-electron chi connectivity index (χ3n) is 2.69. The van der Waals surface area contributed by atoms with Gasteiger partial charge in [0.25, 0.3) is 0 Å². The molecular formula is C12H14Cl2FNO4S.